The zero-order valence-corrected chi connectivity index (χ0v) is 9.80. The van der Waals surface area contributed by atoms with E-state index in [0.717, 1.165) is 19.3 Å². The largest absolute Gasteiger partial charge is 0.103 e. The van der Waals surface area contributed by atoms with Gasteiger partial charge in [-0.1, -0.05) is 31.1 Å². The fraction of sp³-hybridized carbons (Fsp3) is 0.533. The highest BCUT2D eigenvalue weighted by molar-refractivity contribution is 5.15. The summed E-state index contributed by atoms with van der Waals surface area (Å²) < 4.78 is 0. The molecule has 0 spiro atoms. The zero-order valence-electron chi connectivity index (χ0n) is 9.80. The number of hydrogen-bond donors (Lipinski definition) is 0. The lowest BCUT2D eigenvalue weighted by Gasteiger charge is -2.43. The quantitative estimate of drug-likeness (QED) is 0.541. The van der Waals surface area contributed by atoms with E-state index in [4.69, 9.17) is 0 Å². The van der Waals surface area contributed by atoms with Crippen LogP contribution in [0.5, 0.6) is 0 Å². The average Bonchev–Trinajstić information content (AvgIpc) is 2.23. The molecule has 0 heterocycles. The number of hydrogen-bond acceptors (Lipinski definition) is 0. The Morgan fingerprint density at radius 1 is 1.00 bits per heavy atom. The van der Waals surface area contributed by atoms with Gasteiger partial charge in [0.15, 0.2) is 0 Å². The highest BCUT2D eigenvalue weighted by Gasteiger charge is 2.37. The molecule has 1 radical (unpaired) electrons. The molecule has 0 saturated heterocycles. The van der Waals surface area contributed by atoms with Crippen LogP contribution in [0.3, 0.4) is 0 Å². The van der Waals surface area contributed by atoms with Crippen LogP contribution in [0.4, 0.5) is 0 Å². The third kappa shape index (κ3) is 2.84. The Balaban J connectivity index is 2.81. The molecule has 1 rings (SSSR count). The van der Waals surface area contributed by atoms with E-state index in [-0.39, 0.29) is 0 Å². The molecule has 0 bridgehead atoms. The standard InChI is InChI=1S/C15H23/c1-4-9-14-10-7-8-13-15(14,11-5-2)12-6-3/h4-6H,1-3,7-13H2. The molecule has 0 atom stereocenters. The third-order valence-electron chi connectivity index (χ3n) is 3.59. The Morgan fingerprint density at radius 3 is 2.20 bits per heavy atom. The maximum absolute atomic E-state index is 3.90. The van der Waals surface area contributed by atoms with Crippen LogP contribution in [0.15, 0.2) is 38.0 Å². The lowest BCUT2D eigenvalue weighted by Crippen LogP contribution is -2.31. The summed E-state index contributed by atoms with van der Waals surface area (Å²) in [6.07, 6.45) is 14.7. The SMILES string of the molecule is C=CC[C]1CCCCC1(CC=C)CC=C. The minimum atomic E-state index is 0.357. The normalized spacial score (nSPS) is 20.8. The van der Waals surface area contributed by atoms with Crippen molar-refractivity contribution < 1.29 is 0 Å². The summed E-state index contributed by atoms with van der Waals surface area (Å²) in [7, 11) is 0. The summed E-state index contributed by atoms with van der Waals surface area (Å²) in [6.45, 7) is 11.7. The van der Waals surface area contributed by atoms with Crippen molar-refractivity contribution in [2.45, 2.75) is 44.9 Å². The van der Waals surface area contributed by atoms with Crippen molar-refractivity contribution in [3.8, 4) is 0 Å². The van der Waals surface area contributed by atoms with E-state index in [2.05, 4.69) is 31.9 Å². The molecule has 0 nitrogen and oxygen atoms in total. The van der Waals surface area contributed by atoms with Gasteiger partial charge in [-0.3, -0.25) is 0 Å². The smallest absolute Gasteiger partial charge is 0.0136 e. The second kappa shape index (κ2) is 5.95. The molecule has 1 aliphatic carbocycles. The van der Waals surface area contributed by atoms with Gasteiger partial charge < -0.3 is 0 Å². The van der Waals surface area contributed by atoms with Crippen LogP contribution in [0, 0.1) is 11.3 Å². The molecule has 0 N–H and O–H groups in total. The zero-order chi connectivity index (χ0) is 11.1. The molecule has 0 aromatic heterocycles. The fourth-order valence-corrected chi connectivity index (χ4v) is 2.87. The lowest BCUT2D eigenvalue weighted by molar-refractivity contribution is 0.223. The first-order valence-electron chi connectivity index (χ1n) is 5.97. The second-order valence-electron chi connectivity index (χ2n) is 4.57. The molecule has 83 valence electrons. The van der Waals surface area contributed by atoms with Gasteiger partial charge >= 0.3 is 0 Å². The van der Waals surface area contributed by atoms with Crippen LogP contribution in [0.2, 0.25) is 0 Å². The van der Waals surface area contributed by atoms with Crippen LogP contribution < -0.4 is 0 Å². The first-order valence-corrected chi connectivity index (χ1v) is 5.97. The van der Waals surface area contributed by atoms with Gasteiger partial charge in [-0.2, -0.15) is 0 Å². The van der Waals surface area contributed by atoms with Crippen molar-refractivity contribution in [2.24, 2.45) is 5.41 Å². The topological polar surface area (TPSA) is 0 Å². The number of rotatable bonds is 6. The molecular weight excluding hydrogens is 180 g/mol. The number of allylic oxidation sites excluding steroid dienone is 3. The van der Waals surface area contributed by atoms with E-state index >= 15 is 0 Å². The molecule has 0 amide bonds. The average molecular weight is 203 g/mol. The van der Waals surface area contributed by atoms with E-state index in [0.29, 0.717) is 5.41 Å². The molecular formula is C15H23. The molecule has 0 aliphatic heterocycles. The van der Waals surface area contributed by atoms with Crippen LogP contribution in [0.25, 0.3) is 0 Å². The van der Waals surface area contributed by atoms with E-state index in [1.807, 2.05) is 6.08 Å². The summed E-state index contributed by atoms with van der Waals surface area (Å²) in [5.74, 6) is 1.67. The van der Waals surface area contributed by atoms with Crippen LogP contribution in [-0.4, -0.2) is 0 Å². The first-order chi connectivity index (χ1) is 7.29. The van der Waals surface area contributed by atoms with Crippen molar-refractivity contribution in [3.63, 3.8) is 0 Å². The molecule has 1 saturated carbocycles. The van der Waals surface area contributed by atoms with Gasteiger partial charge in [0.1, 0.15) is 0 Å². The molecule has 0 unspecified atom stereocenters. The van der Waals surface area contributed by atoms with Gasteiger partial charge in [-0.15, -0.1) is 19.7 Å². The molecule has 15 heavy (non-hydrogen) atoms. The first kappa shape index (κ1) is 12.3. The Labute approximate surface area is 94.8 Å². The maximum Gasteiger partial charge on any atom is -0.0136 e. The van der Waals surface area contributed by atoms with Gasteiger partial charge in [0.05, 0.1) is 0 Å². The van der Waals surface area contributed by atoms with Gasteiger partial charge in [0.25, 0.3) is 0 Å². The highest BCUT2D eigenvalue weighted by Crippen LogP contribution is 2.50. The van der Waals surface area contributed by atoms with Crippen molar-refractivity contribution in [3.05, 3.63) is 43.9 Å². The van der Waals surface area contributed by atoms with E-state index in [1.54, 1.807) is 5.92 Å². The maximum atomic E-state index is 3.90. The Bertz CT molecular complexity index is 214. The second-order valence-corrected chi connectivity index (χ2v) is 4.57. The van der Waals surface area contributed by atoms with Gasteiger partial charge in [-0.05, 0) is 43.4 Å². The van der Waals surface area contributed by atoms with Crippen molar-refractivity contribution in [1.29, 1.82) is 0 Å². The molecule has 1 fully saturated rings. The third-order valence-corrected chi connectivity index (χ3v) is 3.59. The summed E-state index contributed by atoms with van der Waals surface area (Å²) in [4.78, 5) is 0. The Kier molecular flexibility index (Phi) is 4.87. The summed E-state index contributed by atoms with van der Waals surface area (Å²) in [5.41, 5.74) is 0.357. The van der Waals surface area contributed by atoms with Gasteiger partial charge in [0, 0.05) is 0 Å². The predicted octanol–water partition coefficient (Wildman–Crippen LogP) is 4.85. The van der Waals surface area contributed by atoms with Crippen molar-refractivity contribution >= 4 is 0 Å². The van der Waals surface area contributed by atoms with E-state index < -0.39 is 0 Å². The summed E-state index contributed by atoms with van der Waals surface area (Å²) >= 11 is 0. The predicted molar refractivity (Wildman–Crippen MR) is 68.6 cm³/mol. The van der Waals surface area contributed by atoms with Crippen molar-refractivity contribution in [1.82, 2.24) is 0 Å². The highest BCUT2D eigenvalue weighted by atomic mass is 14.4. The molecule has 0 heteroatoms. The van der Waals surface area contributed by atoms with E-state index in [1.165, 1.54) is 25.7 Å². The minimum absolute atomic E-state index is 0.357. The van der Waals surface area contributed by atoms with Crippen LogP contribution in [0.1, 0.15) is 44.9 Å². The monoisotopic (exact) mass is 203 g/mol. The molecule has 0 aromatic carbocycles. The lowest BCUT2D eigenvalue weighted by atomic mass is 9.61. The molecule has 0 aromatic rings. The Morgan fingerprint density at radius 2 is 1.67 bits per heavy atom. The van der Waals surface area contributed by atoms with Gasteiger partial charge in [0.2, 0.25) is 0 Å². The van der Waals surface area contributed by atoms with Crippen molar-refractivity contribution in [2.75, 3.05) is 0 Å². The van der Waals surface area contributed by atoms with Gasteiger partial charge in [-0.25, -0.2) is 0 Å². The Hall–Kier alpha value is -0.780. The van der Waals surface area contributed by atoms with Crippen LogP contribution >= 0.6 is 0 Å². The minimum Gasteiger partial charge on any atom is -0.103 e. The summed E-state index contributed by atoms with van der Waals surface area (Å²) in [6, 6.07) is 0. The fourth-order valence-electron chi connectivity index (χ4n) is 2.87. The summed E-state index contributed by atoms with van der Waals surface area (Å²) in [5, 5.41) is 0. The van der Waals surface area contributed by atoms with Crippen LogP contribution in [-0.2, 0) is 0 Å². The van der Waals surface area contributed by atoms with E-state index in [9.17, 15) is 0 Å². The molecule has 1 aliphatic rings.